The summed E-state index contributed by atoms with van der Waals surface area (Å²) in [4.78, 5) is 19.5. The van der Waals surface area contributed by atoms with Crippen LogP contribution in [0.3, 0.4) is 0 Å². The molecular formula is C25H29N3O2. The van der Waals surface area contributed by atoms with Crippen molar-refractivity contribution in [3.05, 3.63) is 71.4 Å². The molecule has 1 aromatic heterocycles. The Morgan fingerprint density at radius 3 is 2.73 bits per heavy atom. The molecule has 5 heteroatoms. The zero-order valence-electron chi connectivity index (χ0n) is 17.9. The number of nitrogens with one attached hydrogen (secondary N) is 1. The van der Waals surface area contributed by atoms with Crippen LogP contribution in [0.2, 0.25) is 0 Å². The highest BCUT2D eigenvalue weighted by atomic mass is 16.5. The standard InChI is InChI=1S/C25H29N3O2/c1-17-14-20(23-6-4-5-7-24(23)26-17)16-30-22-10-8-19(9-11-22)25(29)27-21-12-13-28(3)18(2)15-21/h4-11,14,18,21H,12-13,15-16H2,1-3H3,(H,27,29). The lowest BCUT2D eigenvalue weighted by atomic mass is 9.98. The van der Waals surface area contributed by atoms with Gasteiger partial charge in [0.05, 0.1) is 5.52 Å². The topological polar surface area (TPSA) is 54.5 Å². The van der Waals surface area contributed by atoms with E-state index in [9.17, 15) is 4.79 Å². The molecule has 2 atom stereocenters. The molecule has 5 nitrogen and oxygen atoms in total. The molecule has 30 heavy (non-hydrogen) atoms. The van der Waals surface area contributed by atoms with Gasteiger partial charge >= 0.3 is 0 Å². The van der Waals surface area contributed by atoms with E-state index in [1.54, 1.807) is 0 Å². The number of piperidine rings is 1. The van der Waals surface area contributed by atoms with Crippen molar-refractivity contribution in [1.82, 2.24) is 15.2 Å². The summed E-state index contributed by atoms with van der Waals surface area (Å²) in [5.74, 6) is 0.733. The lowest BCUT2D eigenvalue weighted by molar-refractivity contribution is 0.0896. The van der Waals surface area contributed by atoms with Crippen molar-refractivity contribution in [1.29, 1.82) is 0 Å². The molecule has 0 bridgehead atoms. The number of pyridine rings is 1. The predicted octanol–water partition coefficient (Wildman–Crippen LogP) is 4.33. The Balaban J connectivity index is 1.38. The molecule has 0 aliphatic carbocycles. The average molecular weight is 404 g/mol. The quantitative estimate of drug-likeness (QED) is 0.689. The van der Waals surface area contributed by atoms with Gasteiger partial charge in [-0.3, -0.25) is 9.78 Å². The van der Waals surface area contributed by atoms with Crippen LogP contribution in [0.4, 0.5) is 0 Å². The summed E-state index contributed by atoms with van der Waals surface area (Å²) in [6.07, 6.45) is 1.98. The Morgan fingerprint density at radius 2 is 1.97 bits per heavy atom. The highest BCUT2D eigenvalue weighted by Crippen LogP contribution is 2.21. The maximum Gasteiger partial charge on any atom is 0.251 e. The Bertz CT molecular complexity index is 1030. The van der Waals surface area contributed by atoms with Crippen molar-refractivity contribution in [2.24, 2.45) is 0 Å². The molecule has 1 amide bonds. The number of hydrogen-bond donors (Lipinski definition) is 1. The van der Waals surface area contributed by atoms with Crippen molar-refractivity contribution in [2.75, 3.05) is 13.6 Å². The van der Waals surface area contributed by atoms with E-state index in [2.05, 4.69) is 41.3 Å². The highest BCUT2D eigenvalue weighted by Gasteiger charge is 2.24. The van der Waals surface area contributed by atoms with Crippen LogP contribution in [0.1, 0.15) is 41.4 Å². The Hall–Kier alpha value is -2.92. The van der Waals surface area contributed by atoms with Crippen LogP contribution in [-0.4, -0.2) is 41.5 Å². The van der Waals surface area contributed by atoms with Crippen molar-refractivity contribution < 1.29 is 9.53 Å². The van der Waals surface area contributed by atoms with Gasteiger partial charge in [-0.1, -0.05) is 18.2 Å². The first-order valence-corrected chi connectivity index (χ1v) is 10.6. The zero-order chi connectivity index (χ0) is 21.1. The highest BCUT2D eigenvalue weighted by molar-refractivity contribution is 5.94. The molecule has 1 fully saturated rings. The summed E-state index contributed by atoms with van der Waals surface area (Å²) in [7, 11) is 2.14. The van der Waals surface area contributed by atoms with E-state index in [4.69, 9.17) is 4.74 Å². The van der Waals surface area contributed by atoms with Crippen molar-refractivity contribution >= 4 is 16.8 Å². The van der Waals surface area contributed by atoms with Crippen LogP contribution >= 0.6 is 0 Å². The monoisotopic (exact) mass is 403 g/mol. The molecule has 4 rings (SSSR count). The zero-order valence-corrected chi connectivity index (χ0v) is 17.9. The van der Waals surface area contributed by atoms with Gasteiger partial charge < -0.3 is 15.0 Å². The smallest absolute Gasteiger partial charge is 0.251 e. The van der Waals surface area contributed by atoms with Crippen LogP contribution in [-0.2, 0) is 6.61 Å². The second-order valence-corrected chi connectivity index (χ2v) is 8.28. The molecule has 0 spiro atoms. The number of ether oxygens (including phenoxy) is 1. The van der Waals surface area contributed by atoms with E-state index in [0.717, 1.165) is 47.3 Å². The van der Waals surface area contributed by atoms with Gasteiger partial charge in [-0.15, -0.1) is 0 Å². The van der Waals surface area contributed by atoms with Crippen LogP contribution in [0.15, 0.2) is 54.6 Å². The first kappa shape index (κ1) is 20.4. The molecule has 2 unspecified atom stereocenters. The predicted molar refractivity (Wildman–Crippen MR) is 120 cm³/mol. The van der Waals surface area contributed by atoms with E-state index in [0.29, 0.717) is 18.2 Å². The number of carbonyl (C=O) groups excluding carboxylic acids is 1. The van der Waals surface area contributed by atoms with Crippen molar-refractivity contribution in [3.63, 3.8) is 0 Å². The number of amides is 1. The lowest BCUT2D eigenvalue weighted by Crippen LogP contribution is -2.47. The van der Waals surface area contributed by atoms with E-state index >= 15 is 0 Å². The first-order valence-electron chi connectivity index (χ1n) is 10.6. The Labute approximate surface area is 178 Å². The normalized spacial score (nSPS) is 19.6. The summed E-state index contributed by atoms with van der Waals surface area (Å²) in [5.41, 5.74) is 3.73. The summed E-state index contributed by atoms with van der Waals surface area (Å²) >= 11 is 0. The van der Waals surface area contributed by atoms with Crippen molar-refractivity contribution in [2.45, 2.75) is 45.4 Å². The van der Waals surface area contributed by atoms with Gasteiger partial charge in [0.25, 0.3) is 5.91 Å². The third-order valence-corrected chi connectivity index (χ3v) is 5.98. The number of benzene rings is 2. The molecule has 2 heterocycles. The van der Waals surface area contributed by atoms with E-state index in [1.165, 1.54) is 0 Å². The van der Waals surface area contributed by atoms with Gasteiger partial charge in [0, 0.05) is 40.8 Å². The summed E-state index contributed by atoms with van der Waals surface area (Å²) in [5, 5.41) is 4.28. The summed E-state index contributed by atoms with van der Waals surface area (Å²) < 4.78 is 6.00. The maximum atomic E-state index is 12.6. The third-order valence-electron chi connectivity index (χ3n) is 5.98. The third kappa shape index (κ3) is 4.62. The fourth-order valence-corrected chi connectivity index (χ4v) is 4.07. The minimum atomic E-state index is -0.0148. The number of nitrogens with zero attached hydrogens (tertiary/aromatic N) is 2. The molecule has 156 valence electrons. The molecule has 0 radical (unpaired) electrons. The van der Waals surface area contributed by atoms with Crippen LogP contribution in [0.25, 0.3) is 10.9 Å². The summed E-state index contributed by atoms with van der Waals surface area (Å²) in [6, 6.07) is 18.3. The van der Waals surface area contributed by atoms with E-state index in [-0.39, 0.29) is 11.9 Å². The molecule has 1 aliphatic rings. The number of fused-ring (bicyclic) bond motifs is 1. The minimum Gasteiger partial charge on any atom is -0.489 e. The number of likely N-dealkylation sites (tertiary alicyclic amines) is 1. The minimum absolute atomic E-state index is 0.0148. The van der Waals surface area contributed by atoms with Gasteiger partial charge in [0.1, 0.15) is 12.4 Å². The van der Waals surface area contributed by atoms with Gasteiger partial charge in [-0.05, 0) is 70.1 Å². The molecule has 0 saturated carbocycles. The number of aromatic nitrogens is 1. The van der Waals surface area contributed by atoms with Crippen molar-refractivity contribution in [3.8, 4) is 5.75 Å². The number of rotatable bonds is 5. The molecular weight excluding hydrogens is 374 g/mol. The fourth-order valence-electron chi connectivity index (χ4n) is 4.07. The van der Waals surface area contributed by atoms with Gasteiger partial charge in [0.15, 0.2) is 0 Å². The largest absolute Gasteiger partial charge is 0.489 e. The number of aryl methyl sites for hydroxylation is 1. The van der Waals surface area contributed by atoms with Gasteiger partial charge in [-0.25, -0.2) is 0 Å². The molecule has 3 aromatic rings. The van der Waals surface area contributed by atoms with Crippen LogP contribution < -0.4 is 10.1 Å². The van der Waals surface area contributed by atoms with E-state index in [1.807, 2.05) is 49.4 Å². The van der Waals surface area contributed by atoms with E-state index < -0.39 is 0 Å². The van der Waals surface area contributed by atoms with Gasteiger partial charge in [-0.2, -0.15) is 0 Å². The summed E-state index contributed by atoms with van der Waals surface area (Å²) in [6.45, 7) is 5.68. The van der Waals surface area contributed by atoms with Crippen LogP contribution in [0, 0.1) is 6.92 Å². The molecule has 1 N–H and O–H groups in total. The molecule has 2 aromatic carbocycles. The second-order valence-electron chi connectivity index (χ2n) is 8.28. The van der Waals surface area contributed by atoms with Crippen LogP contribution in [0.5, 0.6) is 5.75 Å². The number of hydrogen-bond acceptors (Lipinski definition) is 4. The Morgan fingerprint density at radius 1 is 1.20 bits per heavy atom. The molecule has 1 aliphatic heterocycles. The number of carbonyl (C=O) groups is 1. The van der Waals surface area contributed by atoms with Gasteiger partial charge in [0.2, 0.25) is 0 Å². The maximum absolute atomic E-state index is 12.6. The fraction of sp³-hybridized carbons (Fsp3) is 0.360. The Kier molecular flexibility index (Phi) is 6.00. The SMILES string of the molecule is Cc1cc(COc2ccc(C(=O)NC3CCN(C)C(C)C3)cc2)c2ccccc2n1. The second kappa shape index (κ2) is 8.84. The molecule has 1 saturated heterocycles. The first-order chi connectivity index (χ1) is 14.5. The lowest BCUT2D eigenvalue weighted by Gasteiger charge is -2.35. The average Bonchev–Trinajstić information content (AvgIpc) is 2.75. The number of para-hydroxylation sites is 1.